The number of anilines is 3. The molecule has 1 amide bonds. The first kappa shape index (κ1) is 18.6. The Hall–Kier alpha value is -3.15. The SMILES string of the molecule is CC(=O)[C@@H]1CC(C(=O)Nc2ccc(N(C)C)c(C)c2)=NN1c1ccccc1. The number of Topliss-reactive ketones (excluding diaryl/α,β-unsaturated/α-hetero) is 1. The molecule has 0 spiro atoms. The summed E-state index contributed by atoms with van der Waals surface area (Å²) in [5, 5.41) is 8.97. The van der Waals surface area contributed by atoms with Crippen LogP contribution in [0.3, 0.4) is 0 Å². The lowest BCUT2D eigenvalue weighted by Gasteiger charge is -2.20. The second-order valence-corrected chi connectivity index (χ2v) is 6.91. The van der Waals surface area contributed by atoms with Crippen LogP contribution in [0.25, 0.3) is 0 Å². The van der Waals surface area contributed by atoms with Gasteiger partial charge in [0.25, 0.3) is 5.91 Å². The lowest BCUT2D eigenvalue weighted by atomic mass is 10.1. The lowest BCUT2D eigenvalue weighted by molar-refractivity contribution is -0.118. The van der Waals surface area contributed by atoms with E-state index in [1.54, 1.807) is 5.01 Å². The highest BCUT2D eigenvalue weighted by Gasteiger charge is 2.34. The van der Waals surface area contributed by atoms with Gasteiger partial charge in [-0.05, 0) is 49.7 Å². The molecule has 0 aromatic heterocycles. The lowest BCUT2D eigenvalue weighted by Crippen LogP contribution is -2.33. The van der Waals surface area contributed by atoms with Crippen molar-refractivity contribution in [2.24, 2.45) is 5.10 Å². The summed E-state index contributed by atoms with van der Waals surface area (Å²) in [5.74, 6) is -0.298. The van der Waals surface area contributed by atoms with Gasteiger partial charge in [0.15, 0.2) is 5.78 Å². The first-order valence-electron chi connectivity index (χ1n) is 8.88. The Bertz CT molecular complexity index is 890. The average Bonchev–Trinajstić information content (AvgIpc) is 3.08. The van der Waals surface area contributed by atoms with Crippen molar-refractivity contribution >= 4 is 34.5 Å². The molecule has 140 valence electrons. The Balaban J connectivity index is 1.80. The van der Waals surface area contributed by atoms with Crippen molar-refractivity contribution in [3.63, 3.8) is 0 Å². The highest BCUT2D eigenvalue weighted by molar-refractivity contribution is 6.44. The number of hydrazone groups is 1. The molecule has 3 rings (SSSR count). The van der Waals surface area contributed by atoms with Crippen molar-refractivity contribution < 1.29 is 9.59 Å². The summed E-state index contributed by atoms with van der Waals surface area (Å²) >= 11 is 0. The number of nitrogens with one attached hydrogen (secondary N) is 1. The Morgan fingerprint density at radius 1 is 1.15 bits per heavy atom. The molecule has 0 unspecified atom stereocenters. The van der Waals surface area contributed by atoms with Crippen molar-refractivity contribution in [2.45, 2.75) is 26.3 Å². The first-order valence-corrected chi connectivity index (χ1v) is 8.88. The zero-order valence-electron chi connectivity index (χ0n) is 16.1. The van der Waals surface area contributed by atoms with Gasteiger partial charge in [-0.3, -0.25) is 14.6 Å². The van der Waals surface area contributed by atoms with Crippen LogP contribution in [-0.4, -0.2) is 37.5 Å². The molecule has 2 aromatic carbocycles. The smallest absolute Gasteiger partial charge is 0.271 e. The van der Waals surface area contributed by atoms with Gasteiger partial charge in [0.1, 0.15) is 11.8 Å². The van der Waals surface area contributed by atoms with Crippen molar-refractivity contribution in [3.8, 4) is 0 Å². The highest BCUT2D eigenvalue weighted by atomic mass is 16.2. The number of para-hydroxylation sites is 1. The topological polar surface area (TPSA) is 65.0 Å². The van der Waals surface area contributed by atoms with Gasteiger partial charge in [0.2, 0.25) is 0 Å². The average molecular weight is 364 g/mol. The number of aryl methyl sites for hydroxylation is 1. The van der Waals surface area contributed by atoms with Crippen molar-refractivity contribution in [3.05, 3.63) is 54.1 Å². The number of benzene rings is 2. The van der Waals surface area contributed by atoms with Crippen LogP contribution in [0.2, 0.25) is 0 Å². The summed E-state index contributed by atoms with van der Waals surface area (Å²) in [6.45, 7) is 3.53. The second kappa shape index (κ2) is 7.61. The van der Waals surface area contributed by atoms with Crippen LogP contribution >= 0.6 is 0 Å². The van der Waals surface area contributed by atoms with Crippen LogP contribution in [0.1, 0.15) is 18.9 Å². The summed E-state index contributed by atoms with van der Waals surface area (Å²) in [4.78, 5) is 26.8. The van der Waals surface area contributed by atoms with Crippen LogP contribution in [0, 0.1) is 6.92 Å². The van der Waals surface area contributed by atoms with Gasteiger partial charge in [-0.15, -0.1) is 0 Å². The van der Waals surface area contributed by atoms with E-state index < -0.39 is 6.04 Å². The van der Waals surface area contributed by atoms with Gasteiger partial charge in [-0.25, -0.2) is 0 Å². The third kappa shape index (κ3) is 4.00. The number of amides is 1. The molecule has 1 N–H and O–H groups in total. The maximum absolute atomic E-state index is 12.7. The summed E-state index contributed by atoms with van der Waals surface area (Å²) in [7, 11) is 3.96. The molecular formula is C21H24N4O2. The Kier molecular flexibility index (Phi) is 5.26. The summed E-state index contributed by atoms with van der Waals surface area (Å²) in [6.07, 6.45) is 0.296. The maximum Gasteiger partial charge on any atom is 0.271 e. The molecule has 2 aromatic rings. The quantitative estimate of drug-likeness (QED) is 0.885. The van der Waals surface area contributed by atoms with Crippen LogP contribution in [0.4, 0.5) is 17.1 Å². The number of hydrogen-bond donors (Lipinski definition) is 1. The van der Waals surface area contributed by atoms with Crippen molar-refractivity contribution in [1.29, 1.82) is 0 Å². The van der Waals surface area contributed by atoms with E-state index in [-0.39, 0.29) is 11.7 Å². The Labute approximate surface area is 159 Å². The van der Waals surface area contributed by atoms with Crippen LogP contribution < -0.4 is 15.2 Å². The standard InChI is InChI=1S/C21H24N4O2/c1-14-12-16(10-11-19(14)24(3)4)22-21(27)18-13-20(15(2)26)25(23-18)17-8-6-5-7-9-17/h5-12,20H,13H2,1-4H3,(H,22,27)/t20-/m0/s1. The van der Waals surface area contributed by atoms with Gasteiger partial charge in [-0.1, -0.05) is 18.2 Å². The summed E-state index contributed by atoms with van der Waals surface area (Å²) in [5.41, 5.74) is 4.03. The Morgan fingerprint density at radius 3 is 2.44 bits per heavy atom. The first-order chi connectivity index (χ1) is 12.9. The minimum Gasteiger partial charge on any atom is -0.377 e. The van der Waals surface area contributed by atoms with Gasteiger partial charge >= 0.3 is 0 Å². The van der Waals surface area contributed by atoms with Gasteiger partial charge in [0, 0.05) is 31.9 Å². The normalized spacial score (nSPS) is 16.1. The van der Waals surface area contributed by atoms with E-state index in [2.05, 4.69) is 10.4 Å². The van der Waals surface area contributed by atoms with Gasteiger partial charge < -0.3 is 10.2 Å². The van der Waals surface area contributed by atoms with Crippen LogP contribution in [-0.2, 0) is 9.59 Å². The third-order valence-electron chi connectivity index (χ3n) is 4.60. The number of carbonyl (C=O) groups excluding carboxylic acids is 2. The number of nitrogens with zero attached hydrogens (tertiary/aromatic N) is 3. The molecule has 1 atom stereocenters. The number of hydrogen-bond acceptors (Lipinski definition) is 5. The van der Waals surface area contributed by atoms with Crippen LogP contribution in [0.15, 0.2) is 53.6 Å². The van der Waals surface area contributed by atoms with Crippen molar-refractivity contribution in [2.75, 3.05) is 29.3 Å². The molecule has 0 radical (unpaired) electrons. The van der Waals surface area contributed by atoms with E-state index in [0.717, 1.165) is 16.9 Å². The van der Waals surface area contributed by atoms with E-state index in [1.165, 1.54) is 6.92 Å². The number of carbonyl (C=O) groups is 2. The zero-order valence-corrected chi connectivity index (χ0v) is 16.1. The third-order valence-corrected chi connectivity index (χ3v) is 4.60. The van der Waals surface area contributed by atoms with E-state index in [9.17, 15) is 9.59 Å². The molecule has 1 aliphatic heterocycles. The maximum atomic E-state index is 12.7. The monoisotopic (exact) mass is 364 g/mol. The fraction of sp³-hybridized carbons (Fsp3) is 0.286. The van der Waals surface area contributed by atoms with E-state index >= 15 is 0 Å². The molecule has 0 aliphatic carbocycles. The molecule has 0 saturated heterocycles. The summed E-state index contributed by atoms with van der Waals surface area (Å²) in [6, 6.07) is 14.7. The number of ketones is 1. The van der Waals surface area contributed by atoms with Gasteiger partial charge in [0.05, 0.1) is 5.69 Å². The fourth-order valence-electron chi connectivity index (χ4n) is 3.22. The second-order valence-electron chi connectivity index (χ2n) is 6.91. The molecule has 27 heavy (non-hydrogen) atoms. The Morgan fingerprint density at radius 2 is 1.85 bits per heavy atom. The number of rotatable bonds is 5. The largest absolute Gasteiger partial charge is 0.377 e. The van der Waals surface area contributed by atoms with E-state index in [4.69, 9.17) is 0 Å². The fourth-order valence-corrected chi connectivity index (χ4v) is 3.22. The van der Waals surface area contributed by atoms with Gasteiger partial charge in [-0.2, -0.15) is 5.10 Å². The predicted octanol–water partition coefficient (Wildman–Crippen LogP) is 3.22. The van der Waals surface area contributed by atoms with E-state index in [0.29, 0.717) is 17.8 Å². The highest BCUT2D eigenvalue weighted by Crippen LogP contribution is 2.26. The predicted molar refractivity (Wildman–Crippen MR) is 110 cm³/mol. The molecule has 1 heterocycles. The zero-order chi connectivity index (χ0) is 19.6. The molecule has 0 saturated carbocycles. The molecule has 0 fully saturated rings. The van der Waals surface area contributed by atoms with Crippen LogP contribution in [0.5, 0.6) is 0 Å². The summed E-state index contributed by atoms with van der Waals surface area (Å²) < 4.78 is 0. The minimum absolute atomic E-state index is 0.0171. The van der Waals surface area contributed by atoms with E-state index in [1.807, 2.05) is 74.4 Å². The molecule has 0 bridgehead atoms. The molecule has 6 heteroatoms. The minimum atomic E-state index is -0.453. The van der Waals surface area contributed by atoms with Crippen molar-refractivity contribution in [1.82, 2.24) is 0 Å². The molecule has 1 aliphatic rings. The molecule has 6 nitrogen and oxygen atoms in total. The molecular weight excluding hydrogens is 340 g/mol.